The van der Waals surface area contributed by atoms with E-state index in [0.29, 0.717) is 6.07 Å². The van der Waals surface area contributed by atoms with Crippen LogP contribution in [0, 0.1) is 0 Å². The number of sulfonamides is 2. The first-order valence-electron chi connectivity index (χ1n) is 6.80. The fourth-order valence-electron chi connectivity index (χ4n) is 1.95. The molecule has 0 aliphatic heterocycles. The van der Waals surface area contributed by atoms with Gasteiger partial charge in [-0.1, -0.05) is 22.0 Å². The van der Waals surface area contributed by atoms with Gasteiger partial charge in [0.05, 0.1) is 15.4 Å². The van der Waals surface area contributed by atoms with Crippen molar-refractivity contribution in [2.75, 3.05) is 11.8 Å². The number of hydrogen-bond acceptors (Lipinski definition) is 4. The van der Waals surface area contributed by atoms with Gasteiger partial charge in [-0.15, -0.1) is 0 Å². The number of anilines is 1. The average Bonchev–Trinajstić information content (AvgIpc) is 2.55. The second kappa shape index (κ2) is 7.18. The molecule has 2 aromatic rings. The van der Waals surface area contributed by atoms with Crippen LogP contribution < -0.4 is 9.44 Å². The molecule has 26 heavy (non-hydrogen) atoms. The van der Waals surface area contributed by atoms with E-state index in [0.717, 1.165) is 31.3 Å². The average molecular weight is 473 g/mol. The Kier molecular flexibility index (Phi) is 5.71. The molecule has 0 amide bonds. The monoisotopic (exact) mass is 472 g/mol. The van der Waals surface area contributed by atoms with Crippen molar-refractivity contribution in [3.8, 4) is 0 Å². The van der Waals surface area contributed by atoms with Crippen molar-refractivity contribution in [2.24, 2.45) is 0 Å². The molecule has 0 atom stereocenters. The largest absolute Gasteiger partial charge is 0.417 e. The van der Waals surface area contributed by atoms with E-state index in [1.807, 2.05) is 9.44 Å². The molecular weight excluding hydrogens is 461 g/mol. The summed E-state index contributed by atoms with van der Waals surface area (Å²) in [5, 5.41) is 0. The smallest absolute Gasteiger partial charge is 0.280 e. The number of benzene rings is 2. The molecule has 0 aliphatic carbocycles. The maximum absolute atomic E-state index is 12.9. The molecule has 0 spiro atoms. The number of alkyl halides is 3. The molecule has 142 valence electrons. The summed E-state index contributed by atoms with van der Waals surface area (Å²) >= 11 is 2.76. The zero-order valence-corrected chi connectivity index (χ0v) is 16.2. The van der Waals surface area contributed by atoms with Gasteiger partial charge in [0.25, 0.3) is 10.0 Å². The SMILES string of the molecule is CNS(=O)(=O)c1cccc(S(=O)(=O)Nc2ccc(Br)c(C(F)(F)F)c2)c1. The molecule has 0 heterocycles. The molecule has 2 rings (SSSR count). The molecule has 0 unspecified atom stereocenters. The van der Waals surface area contributed by atoms with Gasteiger partial charge in [-0.3, -0.25) is 4.72 Å². The Hall–Kier alpha value is -1.63. The molecule has 0 aromatic heterocycles. The van der Waals surface area contributed by atoms with Crippen molar-refractivity contribution in [1.29, 1.82) is 0 Å². The van der Waals surface area contributed by atoms with Crippen molar-refractivity contribution in [1.82, 2.24) is 4.72 Å². The molecule has 12 heteroatoms. The quantitative estimate of drug-likeness (QED) is 0.698. The van der Waals surface area contributed by atoms with Crippen LogP contribution in [-0.4, -0.2) is 23.9 Å². The molecule has 2 N–H and O–H groups in total. The summed E-state index contributed by atoms with van der Waals surface area (Å²) in [7, 11) is -7.03. The maximum atomic E-state index is 12.9. The molecule has 0 bridgehead atoms. The predicted molar refractivity (Wildman–Crippen MR) is 92.6 cm³/mol. The molecule has 0 saturated carbocycles. The molecule has 0 fully saturated rings. The lowest BCUT2D eigenvalue weighted by atomic mass is 10.2. The minimum Gasteiger partial charge on any atom is -0.280 e. The van der Waals surface area contributed by atoms with E-state index in [1.165, 1.54) is 12.1 Å². The van der Waals surface area contributed by atoms with E-state index < -0.39 is 36.7 Å². The van der Waals surface area contributed by atoms with Crippen LogP contribution in [0.25, 0.3) is 0 Å². The summed E-state index contributed by atoms with van der Waals surface area (Å²) in [6.07, 6.45) is -4.68. The Labute approximate surface area is 156 Å². The number of rotatable bonds is 5. The van der Waals surface area contributed by atoms with Crippen LogP contribution >= 0.6 is 15.9 Å². The third kappa shape index (κ3) is 4.55. The van der Waals surface area contributed by atoms with Crippen molar-refractivity contribution in [2.45, 2.75) is 16.0 Å². The minimum absolute atomic E-state index is 0.241. The third-order valence-corrected chi connectivity index (χ3v) is 6.70. The second-order valence-corrected chi connectivity index (χ2v) is 9.40. The van der Waals surface area contributed by atoms with E-state index in [2.05, 4.69) is 15.9 Å². The van der Waals surface area contributed by atoms with Crippen LogP contribution in [0.3, 0.4) is 0 Å². The summed E-state index contributed by atoms with van der Waals surface area (Å²) in [5.74, 6) is 0. The van der Waals surface area contributed by atoms with Crippen LogP contribution in [0.5, 0.6) is 0 Å². The van der Waals surface area contributed by atoms with Crippen molar-refractivity contribution in [3.05, 3.63) is 52.5 Å². The van der Waals surface area contributed by atoms with Gasteiger partial charge in [-0.25, -0.2) is 21.6 Å². The van der Waals surface area contributed by atoms with E-state index in [1.54, 1.807) is 0 Å². The highest BCUT2D eigenvalue weighted by Gasteiger charge is 2.33. The molecule has 0 saturated heterocycles. The number of halogens is 4. The Morgan fingerprint density at radius 2 is 1.50 bits per heavy atom. The van der Waals surface area contributed by atoms with Crippen LogP contribution in [-0.2, 0) is 26.2 Å². The standard InChI is InChI=1S/C14H12BrF3N2O4S2/c1-19-25(21,22)10-3-2-4-11(8-10)26(23,24)20-9-5-6-13(15)12(7-9)14(16,17)18/h2-8,19-20H,1H3. The molecular formula is C14H12BrF3N2O4S2. The molecule has 2 aromatic carbocycles. The summed E-state index contributed by atoms with van der Waals surface area (Å²) in [5.41, 5.74) is -1.37. The van der Waals surface area contributed by atoms with Gasteiger partial charge >= 0.3 is 6.18 Å². The topological polar surface area (TPSA) is 92.3 Å². The number of hydrogen-bond donors (Lipinski definition) is 2. The molecule has 0 aliphatic rings. The Bertz CT molecular complexity index is 1040. The lowest BCUT2D eigenvalue weighted by molar-refractivity contribution is -0.138. The minimum atomic E-state index is -4.68. The van der Waals surface area contributed by atoms with Gasteiger partial charge in [0, 0.05) is 10.2 Å². The molecule has 0 radical (unpaired) electrons. The zero-order valence-electron chi connectivity index (χ0n) is 13.0. The van der Waals surface area contributed by atoms with Gasteiger partial charge in [-0.05, 0) is 43.4 Å². The lowest BCUT2D eigenvalue weighted by Crippen LogP contribution is -2.20. The van der Waals surface area contributed by atoms with E-state index in [9.17, 15) is 30.0 Å². The van der Waals surface area contributed by atoms with Crippen LogP contribution in [0.15, 0.2) is 56.7 Å². The van der Waals surface area contributed by atoms with Gasteiger partial charge in [0.2, 0.25) is 10.0 Å². The summed E-state index contributed by atoms with van der Waals surface area (Å²) in [6.45, 7) is 0. The normalized spacial score (nSPS) is 12.8. The Morgan fingerprint density at radius 1 is 0.923 bits per heavy atom. The van der Waals surface area contributed by atoms with Crippen LogP contribution in [0.1, 0.15) is 5.56 Å². The summed E-state index contributed by atoms with van der Waals surface area (Å²) < 4.78 is 90.9. The van der Waals surface area contributed by atoms with Gasteiger partial charge in [-0.2, -0.15) is 13.2 Å². The van der Waals surface area contributed by atoms with Gasteiger partial charge in [0.1, 0.15) is 0 Å². The highest BCUT2D eigenvalue weighted by Crippen LogP contribution is 2.36. The lowest BCUT2D eigenvalue weighted by Gasteiger charge is -2.13. The Balaban J connectivity index is 2.43. The Morgan fingerprint density at radius 3 is 2.04 bits per heavy atom. The maximum Gasteiger partial charge on any atom is 0.417 e. The van der Waals surface area contributed by atoms with E-state index >= 15 is 0 Å². The fourth-order valence-corrected chi connectivity index (χ4v) is 4.36. The first-order chi connectivity index (χ1) is 11.9. The third-order valence-electron chi connectivity index (χ3n) is 3.22. The highest BCUT2D eigenvalue weighted by atomic mass is 79.9. The van der Waals surface area contributed by atoms with E-state index in [4.69, 9.17) is 0 Å². The first-order valence-corrected chi connectivity index (χ1v) is 10.6. The summed E-state index contributed by atoms with van der Waals surface area (Å²) in [6, 6.07) is 7.26. The number of nitrogens with one attached hydrogen (secondary N) is 2. The highest BCUT2D eigenvalue weighted by molar-refractivity contribution is 9.10. The van der Waals surface area contributed by atoms with Crippen molar-refractivity contribution >= 4 is 41.7 Å². The molecule has 6 nitrogen and oxygen atoms in total. The first kappa shape index (κ1) is 20.7. The van der Waals surface area contributed by atoms with Crippen molar-refractivity contribution in [3.63, 3.8) is 0 Å². The zero-order chi connectivity index (χ0) is 19.8. The fraction of sp³-hybridized carbons (Fsp3) is 0.143. The second-order valence-electron chi connectivity index (χ2n) is 4.98. The van der Waals surface area contributed by atoms with Crippen LogP contribution in [0.2, 0.25) is 0 Å². The summed E-state index contributed by atoms with van der Waals surface area (Å²) in [4.78, 5) is -0.708. The van der Waals surface area contributed by atoms with E-state index in [-0.39, 0.29) is 15.1 Å². The van der Waals surface area contributed by atoms with Crippen molar-refractivity contribution < 1.29 is 30.0 Å². The van der Waals surface area contributed by atoms with Gasteiger partial charge < -0.3 is 0 Å². The van der Waals surface area contributed by atoms with Crippen LogP contribution in [0.4, 0.5) is 18.9 Å². The van der Waals surface area contributed by atoms with Gasteiger partial charge in [0.15, 0.2) is 0 Å². The predicted octanol–water partition coefficient (Wildman–Crippen LogP) is 3.18.